The van der Waals surface area contributed by atoms with E-state index in [1.165, 1.54) is 6.07 Å². The molecule has 0 aliphatic heterocycles. The number of benzene rings is 3. The number of halogens is 1. The fourth-order valence-corrected chi connectivity index (χ4v) is 3.73. The molecule has 32 heavy (non-hydrogen) atoms. The lowest BCUT2D eigenvalue weighted by Crippen LogP contribution is -2.11. The average molecular weight is 429 g/mol. The number of anilines is 1. The van der Waals surface area contributed by atoms with Gasteiger partial charge in [-0.25, -0.2) is 19.3 Å². The van der Waals surface area contributed by atoms with Gasteiger partial charge in [-0.05, 0) is 47.0 Å². The molecule has 2 heterocycles. The van der Waals surface area contributed by atoms with E-state index in [0.717, 1.165) is 11.1 Å². The van der Waals surface area contributed by atoms with Crippen LogP contribution >= 0.6 is 0 Å². The Bertz CT molecular complexity index is 1560. The van der Waals surface area contributed by atoms with Gasteiger partial charge in [-0.15, -0.1) is 0 Å². The van der Waals surface area contributed by atoms with Gasteiger partial charge in [0.25, 0.3) is 5.56 Å². The number of hydrogen-bond donors (Lipinski definition) is 4. The van der Waals surface area contributed by atoms with Crippen LogP contribution in [0.5, 0.6) is 0 Å². The molecule has 0 saturated heterocycles. The molecule has 4 N–H and O–H groups in total. The highest BCUT2D eigenvalue weighted by Crippen LogP contribution is 2.27. The van der Waals surface area contributed by atoms with Crippen LogP contribution in [0.25, 0.3) is 32.9 Å². The summed E-state index contributed by atoms with van der Waals surface area (Å²) < 4.78 is 14.6. The Morgan fingerprint density at radius 3 is 2.59 bits per heavy atom. The molecule has 158 valence electrons. The lowest BCUT2D eigenvalue weighted by Gasteiger charge is -2.09. The van der Waals surface area contributed by atoms with Gasteiger partial charge in [-0.2, -0.15) is 5.10 Å². The minimum absolute atomic E-state index is 0.125. The second kappa shape index (κ2) is 7.62. The van der Waals surface area contributed by atoms with Crippen molar-refractivity contribution in [2.45, 2.75) is 6.42 Å². The minimum Gasteiger partial charge on any atom is -0.465 e. The maximum absolute atomic E-state index is 14.6. The topological polar surface area (TPSA) is 124 Å². The van der Waals surface area contributed by atoms with Gasteiger partial charge in [-0.1, -0.05) is 30.3 Å². The number of hydrogen-bond acceptors (Lipinski definition) is 4. The summed E-state index contributed by atoms with van der Waals surface area (Å²) in [5.41, 5.74) is 3.55. The highest BCUT2D eigenvalue weighted by atomic mass is 19.1. The van der Waals surface area contributed by atoms with Crippen LogP contribution in [0.15, 0.2) is 65.5 Å². The molecule has 0 radical (unpaired) electrons. The van der Waals surface area contributed by atoms with Crippen LogP contribution in [-0.4, -0.2) is 31.4 Å². The zero-order chi connectivity index (χ0) is 22.2. The van der Waals surface area contributed by atoms with E-state index in [4.69, 9.17) is 5.11 Å². The van der Waals surface area contributed by atoms with Crippen molar-refractivity contribution >= 4 is 33.8 Å². The summed E-state index contributed by atoms with van der Waals surface area (Å²) in [4.78, 5) is 29.9. The van der Waals surface area contributed by atoms with Crippen molar-refractivity contribution in [3.05, 3.63) is 88.1 Å². The fraction of sp³-hybridized carbons (Fsp3) is 0.0435. The average Bonchev–Trinajstić information content (AvgIpc) is 3.18. The standard InChI is InChI=1S/C23H16FN5O3/c24-17-7-5-12(13-6-8-18-20(10-13)26-22(25-18)27-23(31)32)9-14(17)11-19-15-3-1-2-4-16(15)21(30)29-28-19/h1-10H,11H2,(H,29,30)(H,31,32)(H2,25,26,27). The number of nitrogens with one attached hydrogen (secondary N) is 3. The zero-order valence-corrected chi connectivity index (χ0v) is 16.5. The molecule has 0 aliphatic carbocycles. The summed E-state index contributed by atoms with van der Waals surface area (Å²) >= 11 is 0. The van der Waals surface area contributed by atoms with Crippen molar-refractivity contribution in [1.29, 1.82) is 0 Å². The van der Waals surface area contributed by atoms with E-state index in [9.17, 15) is 14.0 Å². The summed E-state index contributed by atoms with van der Waals surface area (Å²) in [5, 5.41) is 18.8. The molecule has 0 unspecified atom stereocenters. The van der Waals surface area contributed by atoms with Gasteiger partial charge in [0.2, 0.25) is 5.95 Å². The summed E-state index contributed by atoms with van der Waals surface area (Å²) in [6, 6.07) is 17.3. The molecule has 0 aliphatic rings. The van der Waals surface area contributed by atoms with Gasteiger partial charge in [0, 0.05) is 11.8 Å². The lowest BCUT2D eigenvalue weighted by molar-refractivity contribution is 0.209. The van der Waals surface area contributed by atoms with E-state index in [2.05, 4.69) is 25.5 Å². The third-order valence-electron chi connectivity index (χ3n) is 5.22. The van der Waals surface area contributed by atoms with E-state index in [-0.39, 0.29) is 23.7 Å². The molecule has 3 aromatic carbocycles. The Labute approximate surface area is 179 Å². The first-order chi connectivity index (χ1) is 15.5. The molecule has 5 rings (SSSR count). The van der Waals surface area contributed by atoms with Crippen LogP contribution < -0.4 is 10.9 Å². The third kappa shape index (κ3) is 3.56. The molecule has 0 saturated carbocycles. The molecule has 2 aromatic heterocycles. The Morgan fingerprint density at radius 2 is 1.78 bits per heavy atom. The smallest absolute Gasteiger partial charge is 0.411 e. The first kappa shape index (κ1) is 19.4. The van der Waals surface area contributed by atoms with Crippen LogP contribution in [0, 0.1) is 5.82 Å². The van der Waals surface area contributed by atoms with Gasteiger partial charge >= 0.3 is 6.09 Å². The summed E-state index contributed by atoms with van der Waals surface area (Å²) in [6.45, 7) is 0. The number of imidazole rings is 1. The number of nitrogens with zero attached hydrogens (tertiary/aromatic N) is 2. The molecular weight excluding hydrogens is 413 g/mol. The number of H-pyrrole nitrogens is 2. The Hall–Kier alpha value is -4.53. The van der Waals surface area contributed by atoms with Crippen LogP contribution in [0.1, 0.15) is 11.3 Å². The molecular formula is C23H16FN5O3. The second-order valence-corrected chi connectivity index (χ2v) is 7.28. The molecule has 0 bridgehead atoms. The van der Waals surface area contributed by atoms with Crippen molar-refractivity contribution in [2.24, 2.45) is 0 Å². The van der Waals surface area contributed by atoms with Gasteiger partial charge in [0.1, 0.15) is 5.82 Å². The zero-order valence-electron chi connectivity index (χ0n) is 16.5. The SMILES string of the molecule is O=C(O)Nc1nc2ccc(-c3ccc(F)c(Cc4n[nH]c(=O)c5ccccc45)c3)cc2[nH]1. The Balaban J connectivity index is 1.53. The first-order valence-electron chi connectivity index (χ1n) is 9.73. The molecule has 8 nitrogen and oxygen atoms in total. The third-order valence-corrected chi connectivity index (χ3v) is 5.22. The van der Waals surface area contributed by atoms with Crippen molar-refractivity contribution in [1.82, 2.24) is 20.2 Å². The van der Waals surface area contributed by atoms with Gasteiger partial charge in [-0.3, -0.25) is 10.1 Å². The maximum atomic E-state index is 14.6. The molecule has 5 aromatic rings. The Kier molecular flexibility index (Phi) is 4.63. The van der Waals surface area contributed by atoms with E-state index in [1.807, 2.05) is 18.2 Å². The lowest BCUT2D eigenvalue weighted by atomic mass is 9.98. The molecule has 1 amide bonds. The normalized spacial score (nSPS) is 11.2. The Morgan fingerprint density at radius 1 is 1.03 bits per heavy atom. The van der Waals surface area contributed by atoms with E-state index in [1.54, 1.807) is 36.4 Å². The molecule has 0 spiro atoms. The van der Waals surface area contributed by atoms with Crippen molar-refractivity contribution < 1.29 is 14.3 Å². The molecule has 0 fully saturated rings. The summed E-state index contributed by atoms with van der Waals surface area (Å²) in [5.74, 6) is -0.248. The molecule has 0 atom stereocenters. The second-order valence-electron chi connectivity index (χ2n) is 7.28. The van der Waals surface area contributed by atoms with Gasteiger partial charge in [0.05, 0.1) is 22.1 Å². The number of fused-ring (bicyclic) bond motifs is 2. The monoisotopic (exact) mass is 429 g/mol. The van der Waals surface area contributed by atoms with Crippen LogP contribution in [-0.2, 0) is 6.42 Å². The van der Waals surface area contributed by atoms with Crippen molar-refractivity contribution in [3.8, 4) is 11.1 Å². The minimum atomic E-state index is -1.21. The number of carboxylic acid groups (broad SMARTS) is 1. The van der Waals surface area contributed by atoms with E-state index in [0.29, 0.717) is 33.1 Å². The quantitative estimate of drug-likeness (QED) is 0.339. The highest BCUT2D eigenvalue weighted by molar-refractivity contribution is 5.87. The summed E-state index contributed by atoms with van der Waals surface area (Å²) in [7, 11) is 0. The number of carbonyl (C=O) groups is 1. The van der Waals surface area contributed by atoms with Crippen molar-refractivity contribution in [2.75, 3.05) is 5.32 Å². The summed E-state index contributed by atoms with van der Waals surface area (Å²) in [6.07, 6.45) is -1.01. The van der Waals surface area contributed by atoms with E-state index < -0.39 is 6.09 Å². The number of aromatic amines is 2. The predicted molar refractivity (Wildman–Crippen MR) is 118 cm³/mol. The fourth-order valence-electron chi connectivity index (χ4n) is 3.73. The maximum Gasteiger partial charge on any atom is 0.411 e. The highest BCUT2D eigenvalue weighted by Gasteiger charge is 2.12. The number of amides is 1. The predicted octanol–water partition coefficient (Wildman–Crippen LogP) is 4.29. The van der Waals surface area contributed by atoms with Gasteiger partial charge in [0.15, 0.2) is 0 Å². The van der Waals surface area contributed by atoms with E-state index >= 15 is 0 Å². The number of aromatic nitrogens is 4. The van der Waals surface area contributed by atoms with Crippen LogP contribution in [0.2, 0.25) is 0 Å². The van der Waals surface area contributed by atoms with Crippen LogP contribution in [0.3, 0.4) is 0 Å². The molecule has 9 heteroatoms. The van der Waals surface area contributed by atoms with Crippen molar-refractivity contribution in [3.63, 3.8) is 0 Å². The van der Waals surface area contributed by atoms with Crippen LogP contribution in [0.4, 0.5) is 15.1 Å². The first-order valence-corrected chi connectivity index (χ1v) is 9.73. The number of rotatable bonds is 4. The largest absolute Gasteiger partial charge is 0.465 e. The van der Waals surface area contributed by atoms with Gasteiger partial charge < -0.3 is 10.1 Å².